The van der Waals surface area contributed by atoms with Crippen molar-refractivity contribution in [3.05, 3.63) is 35.4 Å². The van der Waals surface area contributed by atoms with Gasteiger partial charge in [-0.2, -0.15) is 0 Å². The first kappa shape index (κ1) is 10.7. The normalized spacial score (nSPS) is 13.9. The molecule has 3 nitrogen and oxygen atoms in total. The van der Waals surface area contributed by atoms with E-state index in [2.05, 4.69) is 15.4 Å². The van der Waals surface area contributed by atoms with E-state index in [1.54, 1.807) is 22.6 Å². The van der Waals surface area contributed by atoms with E-state index < -0.39 is 0 Å². The molecule has 1 fully saturated rings. The van der Waals surface area contributed by atoms with E-state index in [0.29, 0.717) is 0 Å². The van der Waals surface area contributed by atoms with E-state index in [1.165, 1.54) is 0 Å². The third-order valence-corrected chi connectivity index (χ3v) is 1.49. The van der Waals surface area contributed by atoms with Crippen molar-refractivity contribution in [1.29, 1.82) is 0 Å². The molecule has 1 aliphatic rings. The van der Waals surface area contributed by atoms with E-state index in [9.17, 15) is 0 Å². The molecule has 0 aliphatic carbocycles. The number of halogens is 1. The average Bonchev–Trinajstić information content (AvgIpc) is 2.22. The minimum Gasteiger partial charge on any atom is -0.379 e. The molecule has 2 rings (SSSR count). The van der Waals surface area contributed by atoms with Crippen molar-refractivity contribution in [3.8, 4) is 0 Å². The molecule has 1 heterocycles. The molecule has 1 aliphatic heterocycles. The Kier molecular flexibility index (Phi) is 5.77. The van der Waals surface area contributed by atoms with E-state index in [4.69, 9.17) is 11.6 Å². The summed E-state index contributed by atoms with van der Waals surface area (Å²) in [6.45, 7) is 0. The van der Waals surface area contributed by atoms with Gasteiger partial charge in [-0.15, -0.1) is 0 Å². The summed E-state index contributed by atoms with van der Waals surface area (Å²) in [5, 5.41) is 9.14. The number of rotatable bonds is 0. The van der Waals surface area contributed by atoms with Crippen LogP contribution in [-0.2, 0) is 0 Å². The molecule has 1 aromatic rings. The summed E-state index contributed by atoms with van der Waals surface area (Å²) in [6, 6.07) is 9.44. The number of benzene rings is 1. The smallest absolute Gasteiger partial charge is 0.284 e. The summed E-state index contributed by atoms with van der Waals surface area (Å²) in [7, 11) is 5.16. The predicted molar refractivity (Wildman–Crippen MR) is 58.1 cm³/mol. The lowest BCUT2D eigenvalue weighted by Crippen LogP contribution is -2.55. The molecule has 0 amide bonds. The van der Waals surface area contributed by atoms with Crippen LogP contribution in [0.1, 0.15) is 0 Å². The van der Waals surface area contributed by atoms with E-state index >= 15 is 0 Å². The Morgan fingerprint density at radius 3 is 1.54 bits per heavy atom. The Bertz CT molecular complexity index is 208. The van der Waals surface area contributed by atoms with Crippen LogP contribution < -0.4 is 15.4 Å². The zero-order valence-electron chi connectivity index (χ0n) is 7.00. The molecule has 63 valence electrons. The Balaban J connectivity index is 0.000000132. The van der Waals surface area contributed by atoms with Crippen LogP contribution in [0.3, 0.4) is 0 Å². The summed E-state index contributed by atoms with van der Waals surface area (Å²) in [6.07, 6.45) is 0. The molecule has 0 unspecified atom stereocenters. The highest BCUT2D eigenvalue weighted by Gasteiger charge is 1.98. The van der Waals surface area contributed by atoms with Crippen molar-refractivity contribution in [1.82, 2.24) is 15.4 Å². The van der Waals surface area contributed by atoms with Gasteiger partial charge in [-0.05, 0) is 12.1 Å². The van der Waals surface area contributed by atoms with Crippen molar-refractivity contribution in [2.75, 3.05) is 0 Å². The van der Waals surface area contributed by atoms with Gasteiger partial charge in [-0.25, -0.2) is 0 Å². The minimum atomic E-state index is 0.794. The Morgan fingerprint density at radius 1 is 0.846 bits per heavy atom. The zero-order chi connectivity index (χ0) is 9.36. The van der Waals surface area contributed by atoms with Crippen LogP contribution in [0.15, 0.2) is 30.3 Å². The summed E-state index contributed by atoms with van der Waals surface area (Å²) in [5.74, 6) is 0. The third-order valence-electron chi connectivity index (χ3n) is 1.23. The van der Waals surface area contributed by atoms with Gasteiger partial charge in [-0.3, -0.25) is 0 Å². The van der Waals surface area contributed by atoms with Crippen molar-refractivity contribution < 1.29 is 0 Å². The molecule has 0 saturated carbocycles. The monoisotopic (exact) mass is 190 g/mol. The molecule has 13 heavy (non-hydrogen) atoms. The summed E-state index contributed by atoms with van der Waals surface area (Å²) in [5.41, 5.74) is 0. The Morgan fingerprint density at radius 2 is 1.31 bits per heavy atom. The van der Waals surface area contributed by atoms with E-state index in [-0.39, 0.29) is 0 Å². The third kappa shape index (κ3) is 5.77. The van der Waals surface area contributed by atoms with Gasteiger partial charge in [0.05, 0.1) is 0 Å². The second-order valence-electron chi connectivity index (χ2n) is 2.23. The van der Waals surface area contributed by atoms with Gasteiger partial charge in [0, 0.05) is 5.02 Å². The van der Waals surface area contributed by atoms with Crippen molar-refractivity contribution in [2.24, 2.45) is 0 Å². The first-order valence-electron chi connectivity index (χ1n) is 3.83. The van der Waals surface area contributed by atoms with Gasteiger partial charge in [0.25, 0.3) is 22.6 Å². The van der Waals surface area contributed by atoms with Crippen LogP contribution in [0.25, 0.3) is 0 Å². The molecule has 1 aromatic carbocycles. The van der Waals surface area contributed by atoms with Gasteiger partial charge in [0.2, 0.25) is 0 Å². The molecule has 0 aromatic heterocycles. The summed E-state index contributed by atoms with van der Waals surface area (Å²) >= 11 is 5.54. The maximum atomic E-state index is 5.54. The van der Waals surface area contributed by atoms with Crippen molar-refractivity contribution in [2.45, 2.75) is 0 Å². The largest absolute Gasteiger partial charge is 0.379 e. The Hall–Kier alpha value is -0.415. The van der Waals surface area contributed by atoms with E-state index in [0.717, 1.165) is 5.02 Å². The zero-order valence-corrected chi connectivity index (χ0v) is 7.75. The lowest BCUT2D eigenvalue weighted by Gasteiger charge is -2.07. The van der Waals surface area contributed by atoms with Gasteiger partial charge < -0.3 is 15.4 Å². The summed E-state index contributed by atoms with van der Waals surface area (Å²) < 4.78 is 0. The maximum Gasteiger partial charge on any atom is 0.284 e. The fourth-order valence-corrected chi connectivity index (χ4v) is 0.829. The molecule has 3 radical (unpaired) electrons. The van der Waals surface area contributed by atoms with Crippen molar-refractivity contribution in [3.63, 3.8) is 0 Å². The van der Waals surface area contributed by atoms with Gasteiger partial charge in [-0.1, -0.05) is 29.8 Å². The van der Waals surface area contributed by atoms with Crippen molar-refractivity contribution >= 4 is 34.2 Å². The molecule has 1 saturated heterocycles. The standard InChI is InChI=1S/C6H5Cl.B3H3N3/c7-6-4-2-1-3-5-6;1-4-2-6-3-5-1/h1-5H;4-6H. The van der Waals surface area contributed by atoms with E-state index in [1.807, 2.05) is 30.3 Å². The maximum absolute atomic E-state index is 5.54. The lowest BCUT2D eigenvalue weighted by atomic mass is 9.85. The SMILES string of the molecule is Clc1ccccc1.[B]1N[B]N[B]N1. The number of hydrogen-bond acceptors (Lipinski definition) is 3. The van der Waals surface area contributed by atoms with Crippen LogP contribution in [0.2, 0.25) is 5.02 Å². The van der Waals surface area contributed by atoms with Crippen LogP contribution >= 0.6 is 11.6 Å². The topological polar surface area (TPSA) is 36.1 Å². The van der Waals surface area contributed by atoms with Gasteiger partial charge in [0.1, 0.15) is 0 Å². The second kappa shape index (κ2) is 7.03. The first-order valence-corrected chi connectivity index (χ1v) is 4.21. The quantitative estimate of drug-likeness (QED) is 0.492. The average molecular weight is 190 g/mol. The van der Waals surface area contributed by atoms with Crippen LogP contribution in [0.4, 0.5) is 0 Å². The van der Waals surface area contributed by atoms with Crippen LogP contribution in [-0.4, -0.2) is 22.6 Å². The van der Waals surface area contributed by atoms with Gasteiger partial charge in [0.15, 0.2) is 0 Å². The molecule has 0 spiro atoms. The fraction of sp³-hybridized carbons (Fsp3) is 0. The highest BCUT2D eigenvalue weighted by Crippen LogP contribution is 2.03. The fourth-order valence-electron chi connectivity index (χ4n) is 0.684. The molecule has 0 bridgehead atoms. The highest BCUT2D eigenvalue weighted by molar-refractivity contribution is 6.65. The Labute approximate surface area is 85.5 Å². The molecule has 0 atom stereocenters. The second-order valence-corrected chi connectivity index (χ2v) is 2.67. The number of hydrogen-bond donors (Lipinski definition) is 3. The molecular formula is C6H8B3ClN3. The van der Waals surface area contributed by atoms with Crippen LogP contribution in [0.5, 0.6) is 0 Å². The summed E-state index contributed by atoms with van der Waals surface area (Å²) in [4.78, 5) is 0. The predicted octanol–water partition coefficient (Wildman–Crippen LogP) is -0.289. The highest BCUT2D eigenvalue weighted by atomic mass is 35.5. The molecular weight excluding hydrogens is 182 g/mol. The first-order chi connectivity index (χ1) is 6.39. The number of nitrogens with one attached hydrogen (secondary N) is 3. The lowest BCUT2D eigenvalue weighted by molar-refractivity contribution is 1.28. The van der Waals surface area contributed by atoms with Crippen LogP contribution in [0, 0.1) is 0 Å². The molecule has 3 N–H and O–H groups in total. The minimum absolute atomic E-state index is 0.794. The molecule has 7 heteroatoms. The van der Waals surface area contributed by atoms with Gasteiger partial charge >= 0.3 is 0 Å².